The zero-order chi connectivity index (χ0) is 11.5. The van der Waals surface area contributed by atoms with Gasteiger partial charge >= 0.3 is 0 Å². The van der Waals surface area contributed by atoms with Crippen molar-refractivity contribution in [1.29, 1.82) is 0 Å². The lowest BCUT2D eigenvalue weighted by atomic mass is 9.98. The number of piperidine rings is 1. The lowest BCUT2D eigenvalue weighted by Gasteiger charge is -2.31. The molecule has 0 aromatic carbocycles. The van der Waals surface area contributed by atoms with Crippen molar-refractivity contribution in [3.05, 3.63) is 21.9 Å². The fourth-order valence-electron chi connectivity index (χ4n) is 2.04. The number of hydrogen-bond acceptors (Lipinski definition) is 2. The highest BCUT2D eigenvalue weighted by Gasteiger charge is 2.24. The van der Waals surface area contributed by atoms with Gasteiger partial charge in [0, 0.05) is 24.3 Å². The molecule has 0 spiro atoms. The van der Waals surface area contributed by atoms with Crippen LogP contribution in [0.25, 0.3) is 0 Å². The zero-order valence-corrected chi connectivity index (χ0v) is 11.0. The van der Waals surface area contributed by atoms with Crippen molar-refractivity contribution in [2.45, 2.75) is 19.8 Å². The second-order valence-electron chi connectivity index (χ2n) is 4.36. The van der Waals surface area contributed by atoms with Gasteiger partial charge in [0.1, 0.15) is 0 Å². The highest BCUT2D eigenvalue weighted by atomic mass is 35.5. The molecule has 2 heterocycles. The highest BCUT2D eigenvalue weighted by molar-refractivity contribution is 7.08. The van der Waals surface area contributed by atoms with E-state index in [1.54, 1.807) is 11.3 Å². The van der Waals surface area contributed by atoms with Crippen LogP contribution < -0.4 is 0 Å². The molecule has 0 saturated carbocycles. The van der Waals surface area contributed by atoms with Gasteiger partial charge in [-0.25, -0.2) is 0 Å². The Kier molecular flexibility index (Phi) is 3.87. The fraction of sp³-hybridized carbons (Fsp3) is 0.583. The summed E-state index contributed by atoms with van der Waals surface area (Å²) >= 11 is 7.43. The van der Waals surface area contributed by atoms with Crippen molar-refractivity contribution in [1.82, 2.24) is 4.90 Å². The van der Waals surface area contributed by atoms with E-state index in [4.69, 9.17) is 11.6 Å². The number of amides is 1. The van der Waals surface area contributed by atoms with Crippen molar-refractivity contribution in [3.63, 3.8) is 0 Å². The summed E-state index contributed by atoms with van der Waals surface area (Å²) in [6.45, 7) is 3.70. The Hall–Kier alpha value is -0.540. The van der Waals surface area contributed by atoms with Gasteiger partial charge in [-0.3, -0.25) is 4.79 Å². The van der Waals surface area contributed by atoms with Gasteiger partial charge in [0.15, 0.2) is 0 Å². The number of carbonyl (C=O) groups is 1. The van der Waals surface area contributed by atoms with Crippen LogP contribution in [0, 0.1) is 12.8 Å². The van der Waals surface area contributed by atoms with Crippen molar-refractivity contribution in [2.75, 3.05) is 19.0 Å². The SMILES string of the molecule is Cc1cscc1C(=O)N1CCC(CCl)CC1. The third kappa shape index (κ3) is 2.41. The molecule has 1 aromatic rings. The summed E-state index contributed by atoms with van der Waals surface area (Å²) in [6.07, 6.45) is 2.08. The Labute approximate surface area is 105 Å². The number of hydrogen-bond donors (Lipinski definition) is 0. The molecule has 4 heteroatoms. The van der Waals surface area contributed by atoms with Gasteiger partial charge in [0.05, 0.1) is 5.56 Å². The molecule has 0 bridgehead atoms. The summed E-state index contributed by atoms with van der Waals surface area (Å²) in [4.78, 5) is 14.1. The third-order valence-corrected chi connectivity index (χ3v) is 4.50. The number of nitrogens with zero attached hydrogens (tertiary/aromatic N) is 1. The van der Waals surface area contributed by atoms with Gasteiger partial charge in [0.25, 0.3) is 5.91 Å². The number of carbonyl (C=O) groups excluding carboxylic acids is 1. The molecule has 0 unspecified atom stereocenters. The largest absolute Gasteiger partial charge is 0.339 e. The van der Waals surface area contributed by atoms with E-state index in [0.717, 1.165) is 42.9 Å². The van der Waals surface area contributed by atoms with E-state index in [-0.39, 0.29) is 5.91 Å². The zero-order valence-electron chi connectivity index (χ0n) is 9.41. The predicted molar refractivity (Wildman–Crippen MR) is 68.4 cm³/mol. The van der Waals surface area contributed by atoms with Gasteiger partial charge in [0.2, 0.25) is 0 Å². The molecule has 1 aliphatic heterocycles. The Morgan fingerprint density at radius 2 is 2.19 bits per heavy atom. The molecule has 0 N–H and O–H groups in total. The highest BCUT2D eigenvalue weighted by Crippen LogP contribution is 2.22. The summed E-state index contributed by atoms with van der Waals surface area (Å²) in [5.41, 5.74) is 1.96. The quantitative estimate of drug-likeness (QED) is 0.746. The first-order chi connectivity index (χ1) is 7.72. The summed E-state index contributed by atoms with van der Waals surface area (Å²) in [6, 6.07) is 0. The van der Waals surface area contributed by atoms with E-state index in [1.807, 2.05) is 22.6 Å². The number of likely N-dealkylation sites (tertiary alicyclic amines) is 1. The topological polar surface area (TPSA) is 20.3 Å². The van der Waals surface area contributed by atoms with Crippen LogP contribution in [-0.4, -0.2) is 29.8 Å². The lowest BCUT2D eigenvalue weighted by Crippen LogP contribution is -2.38. The van der Waals surface area contributed by atoms with E-state index in [2.05, 4.69) is 0 Å². The van der Waals surface area contributed by atoms with E-state index >= 15 is 0 Å². The number of halogens is 1. The fourth-order valence-corrected chi connectivity index (χ4v) is 3.17. The van der Waals surface area contributed by atoms with E-state index in [0.29, 0.717) is 5.92 Å². The first-order valence-corrected chi connectivity index (χ1v) is 7.08. The van der Waals surface area contributed by atoms with Crippen molar-refractivity contribution in [3.8, 4) is 0 Å². The molecule has 1 amide bonds. The molecule has 0 radical (unpaired) electrons. The minimum absolute atomic E-state index is 0.187. The van der Waals surface area contributed by atoms with Gasteiger partial charge in [-0.1, -0.05) is 0 Å². The lowest BCUT2D eigenvalue weighted by molar-refractivity contribution is 0.0698. The average molecular weight is 258 g/mol. The smallest absolute Gasteiger partial charge is 0.254 e. The van der Waals surface area contributed by atoms with Crippen molar-refractivity contribution >= 4 is 28.8 Å². The van der Waals surface area contributed by atoms with Crippen LogP contribution in [0.4, 0.5) is 0 Å². The Balaban J connectivity index is 2.00. The second kappa shape index (κ2) is 5.19. The molecule has 1 fully saturated rings. The van der Waals surface area contributed by atoms with Crippen LogP contribution in [0.1, 0.15) is 28.8 Å². The molecule has 1 saturated heterocycles. The van der Waals surface area contributed by atoms with Crippen molar-refractivity contribution in [2.24, 2.45) is 5.92 Å². The molecule has 2 rings (SSSR count). The monoisotopic (exact) mass is 257 g/mol. The maximum Gasteiger partial charge on any atom is 0.254 e. The van der Waals surface area contributed by atoms with Gasteiger partial charge < -0.3 is 4.90 Å². The number of alkyl halides is 1. The molecule has 1 aromatic heterocycles. The van der Waals surface area contributed by atoms with Gasteiger partial charge in [-0.05, 0) is 36.6 Å². The van der Waals surface area contributed by atoms with Crippen LogP contribution in [0.2, 0.25) is 0 Å². The van der Waals surface area contributed by atoms with Crippen LogP contribution >= 0.6 is 22.9 Å². The summed E-state index contributed by atoms with van der Waals surface area (Å²) in [7, 11) is 0. The Bertz CT molecular complexity index is 369. The van der Waals surface area contributed by atoms with Crippen LogP contribution in [0.3, 0.4) is 0 Å². The first kappa shape index (κ1) is 11.9. The van der Waals surface area contributed by atoms with E-state index < -0.39 is 0 Å². The Morgan fingerprint density at radius 3 is 2.69 bits per heavy atom. The van der Waals surface area contributed by atoms with Gasteiger partial charge in [-0.2, -0.15) is 11.3 Å². The predicted octanol–water partition coefficient (Wildman–Crippen LogP) is 3.15. The van der Waals surface area contributed by atoms with Crippen molar-refractivity contribution < 1.29 is 4.79 Å². The maximum atomic E-state index is 12.2. The second-order valence-corrected chi connectivity index (χ2v) is 5.41. The number of aryl methyl sites for hydroxylation is 1. The first-order valence-electron chi connectivity index (χ1n) is 5.60. The molecule has 0 atom stereocenters. The normalized spacial score (nSPS) is 17.8. The third-order valence-electron chi connectivity index (χ3n) is 3.21. The molecular formula is C12H16ClNOS. The standard InChI is InChI=1S/C12H16ClNOS/c1-9-7-16-8-11(9)12(15)14-4-2-10(6-13)3-5-14/h7-8,10H,2-6H2,1H3. The molecule has 88 valence electrons. The average Bonchev–Trinajstić information content (AvgIpc) is 2.75. The molecular weight excluding hydrogens is 242 g/mol. The minimum atomic E-state index is 0.187. The minimum Gasteiger partial charge on any atom is -0.339 e. The maximum absolute atomic E-state index is 12.2. The number of thiophene rings is 1. The summed E-state index contributed by atoms with van der Waals surface area (Å²) in [5.74, 6) is 1.50. The van der Waals surface area contributed by atoms with Crippen LogP contribution in [0.5, 0.6) is 0 Å². The van der Waals surface area contributed by atoms with E-state index in [1.165, 1.54) is 0 Å². The number of rotatable bonds is 2. The van der Waals surface area contributed by atoms with Crippen LogP contribution in [-0.2, 0) is 0 Å². The summed E-state index contributed by atoms with van der Waals surface area (Å²) < 4.78 is 0. The molecule has 16 heavy (non-hydrogen) atoms. The van der Waals surface area contributed by atoms with E-state index in [9.17, 15) is 4.79 Å². The Morgan fingerprint density at radius 1 is 1.50 bits per heavy atom. The van der Waals surface area contributed by atoms with Crippen LogP contribution in [0.15, 0.2) is 10.8 Å². The molecule has 0 aliphatic carbocycles. The molecule has 2 nitrogen and oxygen atoms in total. The van der Waals surface area contributed by atoms with Gasteiger partial charge in [-0.15, -0.1) is 11.6 Å². The summed E-state index contributed by atoms with van der Waals surface area (Å²) in [5, 5.41) is 3.98. The molecule has 1 aliphatic rings.